The number of aromatic amines is 2. The van der Waals surface area contributed by atoms with Gasteiger partial charge >= 0.3 is 0 Å². The number of carbonyl (C=O) groups is 1. The van der Waals surface area contributed by atoms with Crippen molar-refractivity contribution >= 4 is 22.6 Å². The number of nitrogens with zero attached hydrogens (tertiary/aromatic N) is 2. The van der Waals surface area contributed by atoms with Gasteiger partial charge in [0.05, 0.1) is 5.69 Å². The summed E-state index contributed by atoms with van der Waals surface area (Å²) in [6.07, 6.45) is 0. The number of hydrogen-bond donors (Lipinski definition) is 3. The molecule has 0 aliphatic rings. The highest BCUT2D eigenvalue weighted by Crippen LogP contribution is 2.22. The molecule has 0 fully saturated rings. The van der Waals surface area contributed by atoms with Crippen molar-refractivity contribution in [1.29, 1.82) is 0 Å². The average Bonchev–Trinajstić information content (AvgIpc) is 2.92. The molecule has 0 spiro atoms. The lowest BCUT2D eigenvalue weighted by atomic mass is 10.1. The molecule has 118 valence electrons. The number of carbonyl (C=O) groups excluding carboxylic acids is 1. The Labute approximate surface area is 132 Å². The maximum absolute atomic E-state index is 12.2. The molecule has 0 saturated carbocycles. The zero-order valence-corrected chi connectivity index (χ0v) is 13.1. The van der Waals surface area contributed by atoms with Gasteiger partial charge in [0.25, 0.3) is 5.56 Å². The fourth-order valence-electron chi connectivity index (χ4n) is 2.38. The van der Waals surface area contributed by atoms with Crippen LogP contribution in [0.2, 0.25) is 0 Å². The number of amides is 1. The van der Waals surface area contributed by atoms with E-state index in [2.05, 4.69) is 25.5 Å². The molecule has 0 radical (unpaired) electrons. The molecule has 1 aromatic carbocycles. The lowest BCUT2D eigenvalue weighted by Crippen LogP contribution is -2.10. The van der Waals surface area contributed by atoms with Crippen molar-refractivity contribution in [2.45, 2.75) is 26.7 Å². The van der Waals surface area contributed by atoms with Crippen LogP contribution in [0.1, 0.15) is 32.4 Å². The van der Waals surface area contributed by atoms with E-state index in [1.54, 1.807) is 24.3 Å². The second kappa shape index (κ2) is 5.68. The van der Waals surface area contributed by atoms with Crippen molar-refractivity contribution in [1.82, 2.24) is 20.2 Å². The summed E-state index contributed by atoms with van der Waals surface area (Å²) in [5.41, 5.74) is 2.91. The highest BCUT2D eigenvalue weighted by molar-refractivity contribution is 5.89. The predicted molar refractivity (Wildman–Crippen MR) is 88.3 cm³/mol. The van der Waals surface area contributed by atoms with Gasteiger partial charge in [0, 0.05) is 18.2 Å². The minimum absolute atomic E-state index is 0.134. The SMILES string of the molecule is CC(=O)Nc1ccc(-c2nc3c(C(C)C)[nH]nc3c(=O)[nH]2)cc1. The highest BCUT2D eigenvalue weighted by atomic mass is 16.1. The molecule has 0 bridgehead atoms. The molecule has 0 saturated heterocycles. The van der Waals surface area contributed by atoms with Crippen LogP contribution in [0.3, 0.4) is 0 Å². The topological polar surface area (TPSA) is 104 Å². The molecule has 23 heavy (non-hydrogen) atoms. The zero-order chi connectivity index (χ0) is 16.6. The third-order valence-corrected chi connectivity index (χ3v) is 3.49. The predicted octanol–water partition coefficient (Wildman–Crippen LogP) is 2.39. The molecular weight excluding hydrogens is 294 g/mol. The van der Waals surface area contributed by atoms with Crippen LogP contribution in [-0.2, 0) is 4.79 Å². The van der Waals surface area contributed by atoms with Crippen LogP contribution in [0.15, 0.2) is 29.1 Å². The van der Waals surface area contributed by atoms with Crippen molar-refractivity contribution in [3.63, 3.8) is 0 Å². The Morgan fingerprint density at radius 3 is 2.48 bits per heavy atom. The molecule has 3 N–H and O–H groups in total. The van der Waals surface area contributed by atoms with Crippen LogP contribution in [0.25, 0.3) is 22.4 Å². The summed E-state index contributed by atoms with van der Waals surface area (Å²) >= 11 is 0. The Balaban J connectivity index is 2.07. The maximum Gasteiger partial charge on any atom is 0.279 e. The number of benzene rings is 1. The fraction of sp³-hybridized carbons (Fsp3) is 0.250. The number of anilines is 1. The summed E-state index contributed by atoms with van der Waals surface area (Å²) in [5, 5.41) is 9.62. The Bertz CT molecular complexity index is 922. The third kappa shape index (κ3) is 2.85. The van der Waals surface area contributed by atoms with E-state index < -0.39 is 0 Å². The van der Waals surface area contributed by atoms with Crippen LogP contribution in [0.4, 0.5) is 5.69 Å². The van der Waals surface area contributed by atoms with E-state index in [1.807, 2.05) is 13.8 Å². The molecule has 0 unspecified atom stereocenters. The molecule has 3 rings (SSSR count). The molecule has 1 amide bonds. The highest BCUT2D eigenvalue weighted by Gasteiger charge is 2.15. The first-order valence-corrected chi connectivity index (χ1v) is 7.32. The van der Waals surface area contributed by atoms with Crippen LogP contribution < -0.4 is 10.9 Å². The van der Waals surface area contributed by atoms with Gasteiger partial charge in [-0.05, 0) is 30.2 Å². The van der Waals surface area contributed by atoms with Gasteiger partial charge in [-0.25, -0.2) is 4.98 Å². The number of hydrogen-bond acceptors (Lipinski definition) is 4. The summed E-state index contributed by atoms with van der Waals surface area (Å²) in [6.45, 7) is 5.47. The van der Waals surface area contributed by atoms with Crippen molar-refractivity contribution in [2.24, 2.45) is 0 Å². The molecule has 2 heterocycles. The van der Waals surface area contributed by atoms with E-state index in [-0.39, 0.29) is 17.4 Å². The fourth-order valence-corrected chi connectivity index (χ4v) is 2.38. The largest absolute Gasteiger partial charge is 0.326 e. The summed E-state index contributed by atoms with van der Waals surface area (Å²) < 4.78 is 0. The third-order valence-electron chi connectivity index (χ3n) is 3.49. The van der Waals surface area contributed by atoms with Gasteiger partial charge in [0.2, 0.25) is 5.91 Å². The second-order valence-electron chi connectivity index (χ2n) is 5.66. The van der Waals surface area contributed by atoms with Gasteiger partial charge in [-0.2, -0.15) is 5.10 Å². The molecule has 0 atom stereocenters. The van der Waals surface area contributed by atoms with Crippen molar-refractivity contribution < 1.29 is 4.79 Å². The molecule has 7 nitrogen and oxygen atoms in total. The monoisotopic (exact) mass is 311 g/mol. The maximum atomic E-state index is 12.2. The van der Waals surface area contributed by atoms with Gasteiger partial charge in [-0.1, -0.05) is 13.8 Å². The van der Waals surface area contributed by atoms with Crippen molar-refractivity contribution in [3.05, 3.63) is 40.3 Å². The summed E-state index contributed by atoms with van der Waals surface area (Å²) in [7, 11) is 0. The van der Waals surface area contributed by atoms with Crippen LogP contribution in [0, 0.1) is 0 Å². The summed E-state index contributed by atoms with van der Waals surface area (Å²) in [4.78, 5) is 30.5. The average molecular weight is 311 g/mol. The van der Waals surface area contributed by atoms with E-state index in [4.69, 9.17) is 0 Å². The van der Waals surface area contributed by atoms with E-state index in [0.717, 1.165) is 11.3 Å². The van der Waals surface area contributed by atoms with Crippen LogP contribution in [0.5, 0.6) is 0 Å². The first-order valence-electron chi connectivity index (χ1n) is 7.32. The Morgan fingerprint density at radius 2 is 1.87 bits per heavy atom. The van der Waals surface area contributed by atoms with Crippen molar-refractivity contribution in [3.8, 4) is 11.4 Å². The van der Waals surface area contributed by atoms with Gasteiger partial charge in [-0.3, -0.25) is 14.7 Å². The number of H-pyrrole nitrogens is 2. The molecule has 0 aliphatic carbocycles. The Morgan fingerprint density at radius 1 is 1.17 bits per heavy atom. The summed E-state index contributed by atoms with van der Waals surface area (Å²) in [6, 6.07) is 7.12. The molecular formula is C16H17N5O2. The molecule has 0 aliphatic heterocycles. The van der Waals surface area contributed by atoms with E-state index >= 15 is 0 Å². The minimum Gasteiger partial charge on any atom is -0.326 e. The Hall–Kier alpha value is -2.96. The van der Waals surface area contributed by atoms with Gasteiger partial charge in [0.15, 0.2) is 5.52 Å². The number of fused-ring (bicyclic) bond motifs is 1. The van der Waals surface area contributed by atoms with Crippen molar-refractivity contribution in [2.75, 3.05) is 5.32 Å². The summed E-state index contributed by atoms with van der Waals surface area (Å²) in [5.74, 6) is 0.523. The first-order chi connectivity index (χ1) is 11.0. The smallest absolute Gasteiger partial charge is 0.279 e. The standard InChI is InChI=1S/C16H17N5O2/c1-8(2)12-13-14(21-20-12)16(23)19-15(18-13)10-4-6-11(7-5-10)17-9(3)22/h4-8H,1-3H3,(H,17,22)(H,20,21)(H,18,19,23). The second-order valence-corrected chi connectivity index (χ2v) is 5.66. The molecule has 3 aromatic rings. The van der Waals surface area contributed by atoms with Gasteiger partial charge < -0.3 is 10.3 Å². The number of nitrogens with one attached hydrogen (secondary N) is 3. The van der Waals surface area contributed by atoms with Crippen LogP contribution in [-0.4, -0.2) is 26.1 Å². The molecule has 7 heteroatoms. The van der Waals surface area contributed by atoms with E-state index in [0.29, 0.717) is 22.5 Å². The van der Waals surface area contributed by atoms with E-state index in [9.17, 15) is 9.59 Å². The quantitative estimate of drug-likeness (QED) is 0.691. The van der Waals surface area contributed by atoms with E-state index in [1.165, 1.54) is 6.92 Å². The number of rotatable bonds is 3. The van der Waals surface area contributed by atoms with Gasteiger partial charge in [-0.15, -0.1) is 0 Å². The molecule has 2 aromatic heterocycles. The minimum atomic E-state index is -0.279. The zero-order valence-electron chi connectivity index (χ0n) is 13.1. The lowest BCUT2D eigenvalue weighted by molar-refractivity contribution is -0.114. The normalized spacial score (nSPS) is 11.1. The first kappa shape index (κ1) is 15.0. The van der Waals surface area contributed by atoms with Crippen LogP contribution >= 0.6 is 0 Å². The van der Waals surface area contributed by atoms with Gasteiger partial charge in [0.1, 0.15) is 11.3 Å². The Kier molecular flexibility index (Phi) is 3.69. The number of aromatic nitrogens is 4. The lowest BCUT2D eigenvalue weighted by Gasteiger charge is -2.05.